The highest BCUT2D eigenvalue weighted by Crippen LogP contribution is 2.31. The number of aliphatic imine (C=N–C) groups is 2. The van der Waals surface area contributed by atoms with Gasteiger partial charge in [-0.2, -0.15) is 0 Å². The molecule has 216 valence electrons. The van der Waals surface area contributed by atoms with Crippen molar-refractivity contribution in [1.82, 2.24) is 0 Å². The topological polar surface area (TPSA) is 80.0 Å². The van der Waals surface area contributed by atoms with Crippen molar-refractivity contribution in [2.24, 2.45) is 15.7 Å². The predicted molar refractivity (Wildman–Crippen MR) is 186 cm³/mol. The minimum absolute atomic E-state index is 0.426. The SMILES string of the molecule is CN(Cc1ccc(-c2cc3ccccc3cc2C(/N=C(\N)c2ccccc2)=N/Cc2ccccc2)cc1)c1ccccc1N. The Bertz CT molecular complexity index is 1930. The Morgan fingerprint density at radius 1 is 0.659 bits per heavy atom. The average Bonchev–Trinajstić information content (AvgIpc) is 3.07. The maximum atomic E-state index is 6.58. The Morgan fingerprint density at radius 2 is 1.27 bits per heavy atom. The molecule has 0 aromatic heterocycles. The van der Waals surface area contributed by atoms with Crippen molar-refractivity contribution >= 4 is 33.8 Å². The molecule has 0 saturated carbocycles. The first kappa shape index (κ1) is 28.4. The summed E-state index contributed by atoms with van der Waals surface area (Å²) in [5.74, 6) is 1.02. The molecule has 0 aliphatic rings. The highest BCUT2D eigenvalue weighted by molar-refractivity contribution is 6.15. The summed E-state index contributed by atoms with van der Waals surface area (Å²) in [5.41, 5.74) is 20.8. The molecule has 0 unspecified atom stereocenters. The molecular weight excluding hydrogens is 538 g/mol. The molecule has 0 atom stereocenters. The second kappa shape index (κ2) is 13.1. The molecule has 0 fully saturated rings. The zero-order valence-electron chi connectivity index (χ0n) is 24.8. The molecule has 0 bridgehead atoms. The molecule has 6 aromatic carbocycles. The summed E-state index contributed by atoms with van der Waals surface area (Å²) in [5, 5.41) is 2.27. The number of benzene rings is 6. The highest BCUT2D eigenvalue weighted by Gasteiger charge is 2.15. The van der Waals surface area contributed by atoms with Crippen molar-refractivity contribution in [2.45, 2.75) is 13.1 Å². The third kappa shape index (κ3) is 6.53. The van der Waals surface area contributed by atoms with E-state index in [1.807, 2.05) is 72.8 Å². The molecule has 5 heteroatoms. The van der Waals surface area contributed by atoms with Crippen LogP contribution in [0.4, 0.5) is 11.4 Å². The van der Waals surface area contributed by atoms with Crippen LogP contribution in [0.5, 0.6) is 0 Å². The number of nitrogens with two attached hydrogens (primary N) is 2. The lowest BCUT2D eigenvalue weighted by Gasteiger charge is -2.21. The summed E-state index contributed by atoms with van der Waals surface area (Å²) >= 11 is 0. The largest absolute Gasteiger partial charge is 0.397 e. The molecule has 0 saturated heterocycles. The number of hydrogen-bond donors (Lipinski definition) is 2. The number of nitrogens with zero attached hydrogens (tertiary/aromatic N) is 3. The molecule has 0 aliphatic carbocycles. The Balaban J connectivity index is 1.42. The maximum Gasteiger partial charge on any atom is 0.157 e. The number of anilines is 2. The van der Waals surface area contributed by atoms with E-state index < -0.39 is 0 Å². The van der Waals surface area contributed by atoms with E-state index in [1.54, 1.807) is 0 Å². The lowest BCUT2D eigenvalue weighted by atomic mass is 9.94. The van der Waals surface area contributed by atoms with E-state index >= 15 is 0 Å². The van der Waals surface area contributed by atoms with Gasteiger partial charge in [0.05, 0.1) is 17.9 Å². The van der Waals surface area contributed by atoms with Crippen LogP contribution in [0.1, 0.15) is 22.3 Å². The van der Waals surface area contributed by atoms with Gasteiger partial charge in [-0.05, 0) is 57.3 Å². The minimum atomic E-state index is 0.426. The van der Waals surface area contributed by atoms with Gasteiger partial charge in [-0.15, -0.1) is 0 Å². The zero-order valence-corrected chi connectivity index (χ0v) is 24.8. The normalized spacial score (nSPS) is 11.9. The summed E-state index contributed by atoms with van der Waals surface area (Å²) in [6.45, 7) is 1.22. The molecule has 0 aliphatic heterocycles. The lowest BCUT2D eigenvalue weighted by Crippen LogP contribution is -2.17. The Kier molecular flexibility index (Phi) is 8.46. The van der Waals surface area contributed by atoms with Crippen molar-refractivity contribution in [3.8, 4) is 11.1 Å². The number of hydrogen-bond acceptors (Lipinski definition) is 3. The summed E-state index contributed by atoms with van der Waals surface area (Å²) in [6.07, 6.45) is 0. The molecule has 4 N–H and O–H groups in total. The molecule has 6 rings (SSSR count). The van der Waals surface area contributed by atoms with Gasteiger partial charge >= 0.3 is 0 Å². The number of fused-ring (bicyclic) bond motifs is 1. The first-order chi connectivity index (χ1) is 21.5. The van der Waals surface area contributed by atoms with Crippen LogP contribution in [0.2, 0.25) is 0 Å². The van der Waals surface area contributed by atoms with E-state index in [1.165, 1.54) is 5.56 Å². The average molecular weight is 574 g/mol. The smallest absolute Gasteiger partial charge is 0.157 e. The molecule has 0 spiro atoms. The Hall–Kier alpha value is -5.68. The summed E-state index contributed by atoms with van der Waals surface area (Å²) < 4.78 is 0. The van der Waals surface area contributed by atoms with Crippen LogP contribution in [-0.4, -0.2) is 18.7 Å². The van der Waals surface area contributed by atoms with Gasteiger partial charge in [-0.25, -0.2) is 4.99 Å². The van der Waals surface area contributed by atoms with Crippen molar-refractivity contribution in [2.75, 3.05) is 17.7 Å². The Morgan fingerprint density at radius 3 is 1.98 bits per heavy atom. The maximum absolute atomic E-state index is 6.58. The van der Waals surface area contributed by atoms with Gasteiger partial charge in [-0.1, -0.05) is 121 Å². The highest BCUT2D eigenvalue weighted by atomic mass is 15.1. The summed E-state index contributed by atoms with van der Waals surface area (Å²) in [4.78, 5) is 12.2. The molecule has 0 heterocycles. The van der Waals surface area contributed by atoms with E-state index in [0.717, 1.165) is 56.5 Å². The third-order valence-corrected chi connectivity index (χ3v) is 7.71. The fourth-order valence-corrected chi connectivity index (χ4v) is 5.37. The molecule has 5 nitrogen and oxygen atoms in total. The first-order valence-electron chi connectivity index (χ1n) is 14.7. The third-order valence-electron chi connectivity index (χ3n) is 7.71. The van der Waals surface area contributed by atoms with Crippen molar-refractivity contribution < 1.29 is 0 Å². The molecule has 0 radical (unpaired) electrons. The van der Waals surface area contributed by atoms with Crippen LogP contribution < -0.4 is 16.4 Å². The predicted octanol–water partition coefficient (Wildman–Crippen LogP) is 8.08. The van der Waals surface area contributed by atoms with Crippen LogP contribution in [0.25, 0.3) is 21.9 Å². The van der Waals surface area contributed by atoms with Gasteiger partial charge in [0.25, 0.3) is 0 Å². The van der Waals surface area contributed by atoms with E-state index in [2.05, 4.69) is 84.7 Å². The van der Waals surface area contributed by atoms with Gasteiger partial charge in [-0.3, -0.25) is 4.99 Å². The first-order valence-corrected chi connectivity index (χ1v) is 14.7. The molecule has 44 heavy (non-hydrogen) atoms. The zero-order chi connectivity index (χ0) is 30.3. The van der Waals surface area contributed by atoms with Crippen molar-refractivity contribution in [1.29, 1.82) is 0 Å². The van der Waals surface area contributed by atoms with Gasteiger partial charge in [0, 0.05) is 24.7 Å². The van der Waals surface area contributed by atoms with Gasteiger partial charge in [0.2, 0.25) is 0 Å². The standard InChI is InChI=1S/C39H35N5/c1-44(37-19-11-10-18-36(37)40)27-29-20-22-30(23-21-29)34-24-32-16-8-9-17-33(32)25-35(34)39(42-26-28-12-4-2-5-13-28)43-38(41)31-14-6-3-7-15-31/h2-25H,26-27,40H2,1H3,(H2,41,42,43). The second-order valence-electron chi connectivity index (χ2n) is 10.8. The fraction of sp³-hybridized carbons (Fsp3) is 0.0769. The van der Waals surface area contributed by atoms with E-state index in [4.69, 9.17) is 21.5 Å². The lowest BCUT2D eigenvalue weighted by molar-refractivity contribution is 0.925. The number of nitrogen functional groups attached to an aromatic ring is 1. The van der Waals surface area contributed by atoms with E-state index in [9.17, 15) is 0 Å². The molecule has 6 aromatic rings. The number of amidine groups is 2. The van der Waals surface area contributed by atoms with Crippen LogP contribution in [0.15, 0.2) is 156 Å². The Labute approximate surface area is 258 Å². The van der Waals surface area contributed by atoms with Gasteiger partial charge in [0.15, 0.2) is 5.84 Å². The molecular formula is C39H35N5. The number of para-hydroxylation sites is 2. The summed E-state index contributed by atoms with van der Waals surface area (Å²) in [6, 6.07) is 49.5. The number of rotatable bonds is 8. The second-order valence-corrected chi connectivity index (χ2v) is 10.8. The van der Waals surface area contributed by atoms with Crippen LogP contribution in [0.3, 0.4) is 0 Å². The van der Waals surface area contributed by atoms with Gasteiger partial charge < -0.3 is 16.4 Å². The fourth-order valence-electron chi connectivity index (χ4n) is 5.37. The van der Waals surface area contributed by atoms with Crippen molar-refractivity contribution in [3.05, 3.63) is 168 Å². The molecule has 0 amide bonds. The van der Waals surface area contributed by atoms with Crippen LogP contribution in [-0.2, 0) is 13.1 Å². The van der Waals surface area contributed by atoms with Crippen molar-refractivity contribution in [3.63, 3.8) is 0 Å². The van der Waals surface area contributed by atoms with Crippen LogP contribution in [0, 0.1) is 0 Å². The van der Waals surface area contributed by atoms with Crippen LogP contribution >= 0.6 is 0 Å². The minimum Gasteiger partial charge on any atom is -0.397 e. The van der Waals surface area contributed by atoms with E-state index in [0.29, 0.717) is 18.2 Å². The quantitative estimate of drug-likeness (QED) is 0.110. The summed E-state index contributed by atoms with van der Waals surface area (Å²) in [7, 11) is 2.06. The van der Waals surface area contributed by atoms with Gasteiger partial charge in [0.1, 0.15) is 5.84 Å². The monoisotopic (exact) mass is 573 g/mol. The van der Waals surface area contributed by atoms with E-state index in [-0.39, 0.29) is 0 Å².